The molecular formula is C4H3F3N2S. The van der Waals surface area contributed by atoms with Crippen molar-refractivity contribution in [3.63, 3.8) is 0 Å². The van der Waals surface area contributed by atoms with Gasteiger partial charge in [0.15, 0.2) is 5.69 Å². The van der Waals surface area contributed by atoms with Gasteiger partial charge in [-0.05, 0) is 11.5 Å². The van der Waals surface area contributed by atoms with E-state index in [9.17, 15) is 13.2 Å². The lowest BCUT2D eigenvalue weighted by Crippen LogP contribution is -2.07. The van der Waals surface area contributed by atoms with Gasteiger partial charge in [-0.25, -0.2) is 0 Å². The molecule has 2 nitrogen and oxygen atoms in total. The molecular weight excluding hydrogens is 165 g/mol. The molecule has 56 valence electrons. The van der Waals surface area contributed by atoms with E-state index in [2.05, 4.69) is 4.37 Å². The van der Waals surface area contributed by atoms with Crippen molar-refractivity contribution in [3.05, 3.63) is 11.1 Å². The highest BCUT2D eigenvalue weighted by atomic mass is 32.1. The fraction of sp³-hybridized carbons (Fsp3) is 0.250. The van der Waals surface area contributed by atoms with Gasteiger partial charge in [-0.3, -0.25) is 0 Å². The van der Waals surface area contributed by atoms with E-state index >= 15 is 0 Å². The molecule has 1 rings (SSSR count). The molecule has 0 aliphatic heterocycles. The van der Waals surface area contributed by atoms with Crippen LogP contribution in [0.5, 0.6) is 0 Å². The minimum absolute atomic E-state index is 0.308. The van der Waals surface area contributed by atoms with E-state index in [0.717, 1.165) is 5.38 Å². The molecule has 2 N–H and O–H groups in total. The summed E-state index contributed by atoms with van der Waals surface area (Å²) in [5.41, 5.74) is 3.66. The lowest BCUT2D eigenvalue weighted by atomic mass is 10.4. The summed E-state index contributed by atoms with van der Waals surface area (Å²) >= 11 is 0.698. The van der Waals surface area contributed by atoms with Crippen molar-refractivity contribution in [2.24, 2.45) is 0 Å². The van der Waals surface area contributed by atoms with E-state index in [0.29, 0.717) is 11.5 Å². The topological polar surface area (TPSA) is 38.9 Å². The molecule has 0 atom stereocenters. The molecule has 0 radical (unpaired) electrons. The summed E-state index contributed by atoms with van der Waals surface area (Å²) in [7, 11) is 0. The highest BCUT2D eigenvalue weighted by molar-refractivity contribution is 7.04. The Bertz CT molecular complexity index is 229. The minimum atomic E-state index is -4.41. The van der Waals surface area contributed by atoms with Crippen LogP contribution in [-0.4, -0.2) is 4.37 Å². The maximum Gasteiger partial charge on any atom is 0.436 e. The lowest BCUT2D eigenvalue weighted by Gasteiger charge is -2.01. The fourth-order valence-electron chi connectivity index (χ4n) is 0.460. The molecule has 0 saturated heterocycles. The van der Waals surface area contributed by atoms with Crippen LogP contribution in [0.2, 0.25) is 0 Å². The Morgan fingerprint density at radius 2 is 2.10 bits per heavy atom. The van der Waals surface area contributed by atoms with Gasteiger partial charge in [0.2, 0.25) is 0 Å². The highest BCUT2D eigenvalue weighted by Gasteiger charge is 2.35. The number of nitrogens with zero attached hydrogens (tertiary/aromatic N) is 1. The van der Waals surface area contributed by atoms with Crippen molar-refractivity contribution in [2.75, 3.05) is 5.73 Å². The molecule has 0 aliphatic rings. The maximum absolute atomic E-state index is 11.7. The van der Waals surface area contributed by atoms with Gasteiger partial charge in [0.05, 0.1) is 5.69 Å². The van der Waals surface area contributed by atoms with Crippen molar-refractivity contribution in [1.29, 1.82) is 0 Å². The second kappa shape index (κ2) is 2.12. The Hall–Kier alpha value is -0.780. The lowest BCUT2D eigenvalue weighted by molar-refractivity contribution is -0.139. The molecule has 0 unspecified atom stereocenters. The SMILES string of the molecule is Nc1csnc1C(F)(F)F. The number of alkyl halides is 3. The summed E-state index contributed by atoms with van der Waals surface area (Å²) < 4.78 is 38.3. The summed E-state index contributed by atoms with van der Waals surface area (Å²) in [6, 6.07) is 0. The third-order valence-electron chi connectivity index (χ3n) is 0.866. The normalized spacial score (nSPS) is 11.9. The molecule has 1 aromatic heterocycles. The van der Waals surface area contributed by atoms with Crippen LogP contribution in [0.15, 0.2) is 5.38 Å². The molecule has 0 aromatic carbocycles. The Balaban J connectivity index is 3.05. The second-order valence-electron chi connectivity index (χ2n) is 1.62. The molecule has 0 amide bonds. The van der Waals surface area contributed by atoms with Gasteiger partial charge >= 0.3 is 6.18 Å². The van der Waals surface area contributed by atoms with Gasteiger partial charge in [0, 0.05) is 5.38 Å². The zero-order valence-electron chi connectivity index (χ0n) is 4.64. The number of nitrogen functional groups attached to an aromatic ring is 1. The summed E-state index contributed by atoms with van der Waals surface area (Å²) in [5, 5.41) is 1.16. The summed E-state index contributed by atoms with van der Waals surface area (Å²) in [6.07, 6.45) is -4.41. The van der Waals surface area contributed by atoms with Crippen molar-refractivity contribution in [1.82, 2.24) is 4.37 Å². The zero-order valence-corrected chi connectivity index (χ0v) is 5.46. The Labute approximate surface area is 58.6 Å². The fourth-order valence-corrected chi connectivity index (χ4v) is 1.05. The largest absolute Gasteiger partial charge is 0.436 e. The predicted molar refractivity (Wildman–Crippen MR) is 31.5 cm³/mol. The van der Waals surface area contributed by atoms with Crippen molar-refractivity contribution < 1.29 is 13.2 Å². The third-order valence-corrected chi connectivity index (χ3v) is 1.51. The van der Waals surface area contributed by atoms with E-state index in [1.165, 1.54) is 0 Å². The Morgan fingerprint density at radius 3 is 2.30 bits per heavy atom. The zero-order chi connectivity index (χ0) is 7.78. The summed E-state index contributed by atoms with van der Waals surface area (Å²) in [4.78, 5) is 0. The molecule has 1 aromatic rings. The minimum Gasteiger partial charge on any atom is -0.396 e. The van der Waals surface area contributed by atoms with Gasteiger partial charge in [0.1, 0.15) is 0 Å². The third kappa shape index (κ3) is 1.21. The molecule has 0 saturated carbocycles. The molecule has 0 spiro atoms. The number of aromatic nitrogens is 1. The molecule has 0 aliphatic carbocycles. The molecule has 6 heteroatoms. The number of hydrogen-bond donors (Lipinski definition) is 1. The van der Waals surface area contributed by atoms with Gasteiger partial charge < -0.3 is 5.73 Å². The van der Waals surface area contributed by atoms with Crippen LogP contribution >= 0.6 is 11.5 Å². The standard InChI is InChI=1S/C4H3F3N2S/c5-4(6,7)3-2(8)1-10-9-3/h1H,8H2. The van der Waals surface area contributed by atoms with Crippen molar-refractivity contribution >= 4 is 17.2 Å². The van der Waals surface area contributed by atoms with Crippen LogP contribution in [-0.2, 0) is 6.18 Å². The molecule has 10 heavy (non-hydrogen) atoms. The summed E-state index contributed by atoms with van der Waals surface area (Å²) in [5.74, 6) is 0. The molecule has 1 heterocycles. The van der Waals surface area contributed by atoms with Gasteiger partial charge in [0.25, 0.3) is 0 Å². The van der Waals surface area contributed by atoms with Crippen LogP contribution < -0.4 is 5.73 Å². The maximum atomic E-state index is 11.7. The number of nitrogens with two attached hydrogens (primary N) is 1. The van der Waals surface area contributed by atoms with Gasteiger partial charge in [-0.2, -0.15) is 17.5 Å². The van der Waals surface area contributed by atoms with E-state index in [4.69, 9.17) is 5.73 Å². The number of hydrogen-bond acceptors (Lipinski definition) is 3. The van der Waals surface area contributed by atoms with Gasteiger partial charge in [-0.1, -0.05) is 0 Å². The first-order valence-electron chi connectivity index (χ1n) is 2.29. The second-order valence-corrected chi connectivity index (χ2v) is 2.25. The smallest absolute Gasteiger partial charge is 0.396 e. The average molecular weight is 168 g/mol. The Kier molecular flexibility index (Phi) is 1.55. The van der Waals surface area contributed by atoms with Crippen molar-refractivity contribution in [3.8, 4) is 0 Å². The monoisotopic (exact) mass is 168 g/mol. The Morgan fingerprint density at radius 1 is 1.50 bits per heavy atom. The number of rotatable bonds is 0. The number of halogens is 3. The first kappa shape index (κ1) is 7.33. The van der Waals surface area contributed by atoms with Crippen LogP contribution in [0.4, 0.5) is 18.9 Å². The van der Waals surface area contributed by atoms with E-state index < -0.39 is 11.9 Å². The molecule has 0 fully saturated rings. The van der Waals surface area contributed by atoms with Crippen LogP contribution in [0.25, 0.3) is 0 Å². The van der Waals surface area contributed by atoms with Crippen LogP contribution in [0.3, 0.4) is 0 Å². The van der Waals surface area contributed by atoms with Crippen LogP contribution in [0, 0.1) is 0 Å². The highest BCUT2D eigenvalue weighted by Crippen LogP contribution is 2.32. The van der Waals surface area contributed by atoms with E-state index in [1.807, 2.05) is 0 Å². The van der Waals surface area contributed by atoms with Gasteiger partial charge in [-0.15, -0.1) is 0 Å². The van der Waals surface area contributed by atoms with Crippen LogP contribution in [0.1, 0.15) is 5.69 Å². The predicted octanol–water partition coefficient (Wildman–Crippen LogP) is 1.74. The first-order valence-corrected chi connectivity index (χ1v) is 3.12. The quantitative estimate of drug-likeness (QED) is 0.640. The number of anilines is 1. The summed E-state index contributed by atoms with van der Waals surface area (Å²) in [6.45, 7) is 0. The first-order chi connectivity index (χ1) is 4.52. The van der Waals surface area contributed by atoms with E-state index in [-0.39, 0.29) is 5.69 Å². The van der Waals surface area contributed by atoms with E-state index in [1.54, 1.807) is 0 Å². The molecule has 0 bridgehead atoms. The van der Waals surface area contributed by atoms with Crippen molar-refractivity contribution in [2.45, 2.75) is 6.18 Å². The average Bonchev–Trinajstić information content (AvgIpc) is 2.11.